The Morgan fingerprint density at radius 2 is 2.04 bits per heavy atom. The van der Waals surface area contributed by atoms with Crippen LogP contribution in [0.1, 0.15) is 54.1 Å². The monoisotopic (exact) mass is 313 g/mol. The molecule has 0 bridgehead atoms. The van der Waals surface area contributed by atoms with Crippen LogP contribution in [0.3, 0.4) is 0 Å². The van der Waals surface area contributed by atoms with Crippen LogP contribution in [-0.2, 0) is 6.42 Å². The molecule has 2 aromatic rings. The summed E-state index contributed by atoms with van der Waals surface area (Å²) in [4.78, 5) is 24.9. The number of nitrogen functional groups attached to an aromatic ring is 1. The van der Waals surface area contributed by atoms with Crippen molar-refractivity contribution >= 4 is 11.9 Å². The first-order valence-electron chi connectivity index (χ1n) is 7.72. The SMILES string of the molecule is Cc1cccnc1C[C@H](C)NC(=O)c1cc(C(C)C)nc(N)n1. The van der Waals surface area contributed by atoms with Gasteiger partial charge in [-0.3, -0.25) is 9.78 Å². The van der Waals surface area contributed by atoms with Crippen LogP contribution >= 0.6 is 0 Å². The first kappa shape index (κ1) is 16.9. The van der Waals surface area contributed by atoms with Gasteiger partial charge in [-0.05, 0) is 37.5 Å². The fourth-order valence-electron chi connectivity index (χ4n) is 2.27. The number of hydrogen-bond acceptors (Lipinski definition) is 5. The second-order valence-electron chi connectivity index (χ2n) is 6.04. The molecule has 2 rings (SSSR count). The molecule has 0 aliphatic heterocycles. The van der Waals surface area contributed by atoms with Gasteiger partial charge in [0.15, 0.2) is 0 Å². The van der Waals surface area contributed by atoms with Gasteiger partial charge in [0.25, 0.3) is 5.91 Å². The summed E-state index contributed by atoms with van der Waals surface area (Å²) in [6.07, 6.45) is 2.42. The van der Waals surface area contributed by atoms with Gasteiger partial charge in [-0.25, -0.2) is 9.97 Å². The predicted octanol–water partition coefficient (Wildman–Crippen LogP) is 2.25. The highest BCUT2D eigenvalue weighted by Gasteiger charge is 2.15. The number of pyridine rings is 1. The quantitative estimate of drug-likeness (QED) is 0.883. The smallest absolute Gasteiger partial charge is 0.270 e. The lowest BCUT2D eigenvalue weighted by atomic mass is 10.1. The van der Waals surface area contributed by atoms with E-state index >= 15 is 0 Å². The summed E-state index contributed by atoms with van der Waals surface area (Å²) < 4.78 is 0. The van der Waals surface area contributed by atoms with Gasteiger partial charge in [0, 0.05) is 30.0 Å². The van der Waals surface area contributed by atoms with Crippen LogP contribution in [-0.4, -0.2) is 26.9 Å². The minimum Gasteiger partial charge on any atom is -0.368 e. The summed E-state index contributed by atoms with van der Waals surface area (Å²) in [5.41, 5.74) is 8.84. The first-order valence-corrected chi connectivity index (χ1v) is 7.72. The fourth-order valence-corrected chi connectivity index (χ4v) is 2.27. The lowest BCUT2D eigenvalue weighted by molar-refractivity contribution is 0.0934. The maximum absolute atomic E-state index is 12.4. The Bertz CT molecular complexity index is 699. The van der Waals surface area contributed by atoms with Crippen LogP contribution in [0.2, 0.25) is 0 Å². The van der Waals surface area contributed by atoms with Crippen molar-refractivity contribution in [3.8, 4) is 0 Å². The minimum atomic E-state index is -0.248. The third-order valence-corrected chi connectivity index (χ3v) is 3.58. The van der Waals surface area contributed by atoms with Gasteiger partial charge < -0.3 is 11.1 Å². The van der Waals surface area contributed by atoms with Crippen molar-refractivity contribution in [3.05, 3.63) is 47.0 Å². The van der Waals surface area contributed by atoms with E-state index in [2.05, 4.69) is 20.3 Å². The zero-order chi connectivity index (χ0) is 17.0. The lowest BCUT2D eigenvalue weighted by Crippen LogP contribution is -2.35. The molecule has 0 radical (unpaired) electrons. The number of rotatable bonds is 5. The number of nitrogens with one attached hydrogen (secondary N) is 1. The van der Waals surface area contributed by atoms with Crippen LogP contribution < -0.4 is 11.1 Å². The summed E-state index contributed by atoms with van der Waals surface area (Å²) >= 11 is 0. The van der Waals surface area contributed by atoms with Gasteiger partial charge in [0.05, 0.1) is 0 Å². The van der Waals surface area contributed by atoms with E-state index in [4.69, 9.17) is 5.73 Å². The van der Waals surface area contributed by atoms with Crippen LogP contribution in [0.15, 0.2) is 24.4 Å². The summed E-state index contributed by atoms with van der Waals surface area (Å²) in [6.45, 7) is 7.95. The van der Waals surface area contributed by atoms with Crippen LogP contribution in [0.4, 0.5) is 5.95 Å². The van der Waals surface area contributed by atoms with Crippen molar-refractivity contribution in [1.29, 1.82) is 0 Å². The van der Waals surface area contributed by atoms with Crippen molar-refractivity contribution in [2.75, 3.05) is 5.73 Å². The van der Waals surface area contributed by atoms with Crippen molar-refractivity contribution in [1.82, 2.24) is 20.3 Å². The summed E-state index contributed by atoms with van der Waals surface area (Å²) in [5, 5.41) is 2.94. The molecule has 0 saturated carbocycles. The third-order valence-electron chi connectivity index (χ3n) is 3.58. The Kier molecular flexibility index (Phi) is 5.26. The molecule has 6 nitrogen and oxygen atoms in total. The molecule has 0 unspecified atom stereocenters. The van der Waals surface area contributed by atoms with E-state index in [0.29, 0.717) is 12.1 Å². The standard InChI is InChI=1S/C17H23N5O/c1-10(2)13-9-15(22-17(18)21-13)16(23)20-12(4)8-14-11(3)6-5-7-19-14/h5-7,9-10,12H,8H2,1-4H3,(H,20,23)(H2,18,21,22)/t12-/m0/s1. The first-order chi connectivity index (χ1) is 10.9. The van der Waals surface area contributed by atoms with E-state index in [1.807, 2.05) is 39.8 Å². The maximum Gasteiger partial charge on any atom is 0.270 e. The topological polar surface area (TPSA) is 93.8 Å². The van der Waals surface area contributed by atoms with Gasteiger partial charge in [0.1, 0.15) is 5.69 Å². The van der Waals surface area contributed by atoms with Crippen molar-refractivity contribution in [2.24, 2.45) is 0 Å². The number of hydrogen-bond donors (Lipinski definition) is 2. The molecular weight excluding hydrogens is 290 g/mol. The average molecular weight is 313 g/mol. The number of carbonyl (C=O) groups is 1. The number of nitrogens with zero attached hydrogens (tertiary/aromatic N) is 3. The highest BCUT2D eigenvalue weighted by Crippen LogP contribution is 2.14. The van der Waals surface area contributed by atoms with E-state index in [1.54, 1.807) is 12.3 Å². The number of carbonyl (C=O) groups excluding carboxylic acids is 1. The highest BCUT2D eigenvalue weighted by atomic mass is 16.1. The summed E-state index contributed by atoms with van der Waals surface area (Å²) in [5.74, 6) is 0.0529. The normalized spacial score (nSPS) is 12.2. The molecule has 0 aliphatic carbocycles. The van der Waals surface area contributed by atoms with Gasteiger partial charge in [0.2, 0.25) is 5.95 Å². The van der Waals surface area contributed by atoms with E-state index < -0.39 is 0 Å². The van der Waals surface area contributed by atoms with Crippen LogP contribution in [0.25, 0.3) is 0 Å². The molecule has 0 aliphatic rings. The Balaban J connectivity index is 2.08. The maximum atomic E-state index is 12.4. The molecule has 0 aromatic carbocycles. The number of anilines is 1. The second kappa shape index (κ2) is 7.17. The molecule has 122 valence electrons. The molecule has 3 N–H and O–H groups in total. The number of aromatic nitrogens is 3. The number of aryl methyl sites for hydroxylation is 1. The molecule has 2 aromatic heterocycles. The Morgan fingerprint density at radius 1 is 1.30 bits per heavy atom. The highest BCUT2D eigenvalue weighted by molar-refractivity contribution is 5.92. The zero-order valence-corrected chi connectivity index (χ0v) is 14.0. The third kappa shape index (κ3) is 4.48. The summed E-state index contributed by atoms with van der Waals surface area (Å²) in [7, 11) is 0. The summed E-state index contributed by atoms with van der Waals surface area (Å²) in [6, 6.07) is 5.54. The predicted molar refractivity (Wildman–Crippen MR) is 90.1 cm³/mol. The largest absolute Gasteiger partial charge is 0.368 e. The molecule has 1 atom stereocenters. The fraction of sp³-hybridized carbons (Fsp3) is 0.412. The molecule has 0 spiro atoms. The van der Waals surface area contributed by atoms with Gasteiger partial charge in [-0.2, -0.15) is 0 Å². The van der Waals surface area contributed by atoms with E-state index in [-0.39, 0.29) is 23.8 Å². The molecule has 6 heteroatoms. The molecule has 23 heavy (non-hydrogen) atoms. The van der Waals surface area contributed by atoms with Crippen LogP contribution in [0, 0.1) is 6.92 Å². The van der Waals surface area contributed by atoms with Crippen molar-refractivity contribution in [2.45, 2.75) is 46.1 Å². The number of amides is 1. The zero-order valence-electron chi connectivity index (χ0n) is 14.0. The van der Waals surface area contributed by atoms with Crippen molar-refractivity contribution in [3.63, 3.8) is 0 Å². The molecule has 1 amide bonds. The minimum absolute atomic E-state index is 0.0604. The van der Waals surface area contributed by atoms with Gasteiger partial charge >= 0.3 is 0 Å². The molecule has 0 fully saturated rings. The van der Waals surface area contributed by atoms with Gasteiger partial charge in [-0.1, -0.05) is 19.9 Å². The van der Waals surface area contributed by atoms with Crippen molar-refractivity contribution < 1.29 is 4.79 Å². The van der Waals surface area contributed by atoms with E-state index in [0.717, 1.165) is 17.0 Å². The van der Waals surface area contributed by atoms with Gasteiger partial charge in [-0.15, -0.1) is 0 Å². The molecule has 0 saturated heterocycles. The van der Waals surface area contributed by atoms with Crippen LogP contribution in [0.5, 0.6) is 0 Å². The lowest BCUT2D eigenvalue weighted by Gasteiger charge is -2.15. The van der Waals surface area contributed by atoms with E-state index in [9.17, 15) is 4.79 Å². The Morgan fingerprint density at radius 3 is 2.70 bits per heavy atom. The second-order valence-corrected chi connectivity index (χ2v) is 6.04. The average Bonchev–Trinajstić information content (AvgIpc) is 2.48. The Labute approximate surface area is 136 Å². The Hall–Kier alpha value is -2.50. The number of nitrogens with two attached hydrogens (primary N) is 1. The molecular formula is C17H23N5O. The molecule has 2 heterocycles. The van der Waals surface area contributed by atoms with E-state index in [1.165, 1.54) is 0 Å².